The Labute approximate surface area is 252 Å². The molecule has 0 saturated heterocycles. The van der Waals surface area contributed by atoms with Gasteiger partial charge in [0, 0.05) is 0 Å². The van der Waals surface area contributed by atoms with Gasteiger partial charge in [-0.2, -0.15) is 0 Å². The zero-order chi connectivity index (χ0) is 28.5. The van der Waals surface area contributed by atoms with Crippen molar-refractivity contribution in [2.45, 2.75) is 219 Å². The van der Waals surface area contributed by atoms with E-state index in [1.165, 1.54) is 167 Å². The molecule has 0 aromatic carbocycles. The summed E-state index contributed by atoms with van der Waals surface area (Å²) in [4.78, 5) is 24.3. The fourth-order valence-corrected chi connectivity index (χ4v) is 7.08. The summed E-state index contributed by atoms with van der Waals surface area (Å²) in [6.07, 6.45) is 41.6. The molecule has 0 aromatic rings. The zero-order valence-electron chi connectivity index (χ0n) is 26.9. The minimum absolute atomic E-state index is 0.239. The molecule has 0 aliphatic heterocycles. The number of carbonyl (C=O) groups is 2. The molecule has 0 rings (SSSR count). The Kier molecular flexibility index (Phi) is 33.9. The molecule has 2 nitrogen and oxygen atoms in total. The van der Waals surface area contributed by atoms with E-state index in [1.807, 2.05) is 0 Å². The van der Waals surface area contributed by atoms with Crippen LogP contribution >= 0.6 is 0 Å². The monoisotopic (exact) mass is 614 g/mol. The minimum atomic E-state index is -0.411. The second-order valence-electron chi connectivity index (χ2n) is 12.2. The van der Waals surface area contributed by atoms with Crippen molar-refractivity contribution in [3.05, 3.63) is 0 Å². The summed E-state index contributed by atoms with van der Waals surface area (Å²) in [6, 6.07) is 0. The molecule has 0 bridgehead atoms. The van der Waals surface area contributed by atoms with Crippen molar-refractivity contribution in [2.75, 3.05) is 0 Å². The first-order valence-corrected chi connectivity index (χ1v) is 19.7. The molecule has 0 aliphatic rings. The van der Waals surface area contributed by atoms with E-state index in [1.54, 1.807) is 0 Å². The summed E-state index contributed by atoms with van der Waals surface area (Å²) in [6.45, 7) is 4.57. The van der Waals surface area contributed by atoms with E-state index in [-0.39, 0.29) is 9.36 Å². The van der Waals surface area contributed by atoms with Gasteiger partial charge in [-0.25, -0.2) is 0 Å². The van der Waals surface area contributed by atoms with Crippen LogP contribution in [0.25, 0.3) is 0 Å². The predicted octanol–water partition coefficient (Wildman–Crippen LogP) is 12.3. The average molecular weight is 614 g/mol. The van der Waals surface area contributed by atoms with Crippen molar-refractivity contribution >= 4 is 24.3 Å². The average Bonchev–Trinajstić information content (AvgIpc) is 2.93. The van der Waals surface area contributed by atoms with Crippen LogP contribution in [0, 0.1) is 0 Å². The number of carbonyl (C=O) groups excluding carboxylic acids is 2. The molecule has 0 aromatic heterocycles. The summed E-state index contributed by atoms with van der Waals surface area (Å²) in [5, 5.41) is 0. The van der Waals surface area contributed by atoms with Gasteiger partial charge in [0.05, 0.1) is 0 Å². The normalized spacial score (nSPS) is 11.3. The van der Waals surface area contributed by atoms with Crippen LogP contribution in [0.2, 0.25) is 0 Å². The first-order valence-electron chi connectivity index (χ1n) is 17.9. The number of hydrogen-bond acceptors (Lipinski definition) is 2. The van der Waals surface area contributed by atoms with Crippen molar-refractivity contribution in [1.82, 2.24) is 0 Å². The zero-order valence-corrected chi connectivity index (χ0v) is 28.6. The van der Waals surface area contributed by atoms with E-state index < -0.39 is 15.0 Å². The van der Waals surface area contributed by atoms with Gasteiger partial charge in [0.1, 0.15) is 0 Å². The van der Waals surface area contributed by atoms with Crippen molar-refractivity contribution in [1.29, 1.82) is 0 Å². The quantitative estimate of drug-likeness (QED) is 0.0534. The second kappa shape index (κ2) is 34.1. The van der Waals surface area contributed by atoms with Crippen LogP contribution in [0.1, 0.15) is 219 Å². The van der Waals surface area contributed by atoms with E-state index in [9.17, 15) is 9.59 Å². The summed E-state index contributed by atoms with van der Waals surface area (Å²) in [5.74, 6) is 0. The molecule has 0 heterocycles. The van der Waals surface area contributed by atoms with Gasteiger partial charge in [-0.05, 0) is 0 Å². The fraction of sp³-hybridized carbons (Fsp3) is 0.944. The minimum Gasteiger partial charge on any atom is -0.0654 e. The first kappa shape index (κ1) is 38.9. The van der Waals surface area contributed by atoms with Crippen LogP contribution in [0.15, 0.2) is 0 Å². The van der Waals surface area contributed by atoms with Gasteiger partial charge in [0.25, 0.3) is 0 Å². The van der Waals surface area contributed by atoms with Crippen LogP contribution in [0.5, 0.6) is 0 Å². The molecule has 0 spiro atoms. The fourth-order valence-electron chi connectivity index (χ4n) is 5.51. The summed E-state index contributed by atoms with van der Waals surface area (Å²) in [7, 11) is 0. The molecule has 0 amide bonds. The van der Waals surface area contributed by atoms with Gasteiger partial charge in [0.15, 0.2) is 0 Å². The molecule has 0 saturated carbocycles. The van der Waals surface area contributed by atoms with Crippen molar-refractivity contribution < 1.29 is 9.59 Å². The molecule has 0 N–H and O–H groups in total. The summed E-state index contributed by atoms with van der Waals surface area (Å²) in [5.41, 5.74) is 0. The molecule has 0 aliphatic carbocycles. The predicted molar refractivity (Wildman–Crippen MR) is 175 cm³/mol. The van der Waals surface area contributed by atoms with Gasteiger partial charge in [-0.1, -0.05) is 78.1 Å². The molecule has 3 heteroatoms. The van der Waals surface area contributed by atoms with Crippen LogP contribution in [0.4, 0.5) is 0 Å². The molecule has 0 fully saturated rings. The van der Waals surface area contributed by atoms with Gasteiger partial charge in [-0.3, -0.25) is 0 Å². The molecule has 0 unspecified atom stereocenters. The van der Waals surface area contributed by atoms with Crippen LogP contribution < -0.4 is 0 Å². The number of rotatable bonds is 34. The Balaban J connectivity index is 3.27. The van der Waals surface area contributed by atoms with Gasteiger partial charge >= 0.3 is 175 Å². The third kappa shape index (κ3) is 34.0. The van der Waals surface area contributed by atoms with E-state index in [4.69, 9.17) is 0 Å². The number of hydrogen-bond donors (Lipinski definition) is 0. The van der Waals surface area contributed by atoms with Crippen LogP contribution in [0.3, 0.4) is 0 Å². The smallest absolute Gasteiger partial charge is 0.0654 e. The van der Waals surface area contributed by atoms with Crippen LogP contribution in [-0.4, -0.2) is 24.3 Å². The van der Waals surface area contributed by atoms with E-state index >= 15 is 0 Å². The van der Waals surface area contributed by atoms with E-state index in [2.05, 4.69) is 13.8 Å². The maximum absolute atomic E-state index is 12.2. The Morgan fingerprint density at radius 2 is 0.487 bits per heavy atom. The first-order chi connectivity index (χ1) is 19.2. The molecule has 232 valence electrons. The Morgan fingerprint density at radius 1 is 0.308 bits per heavy atom. The molecule has 0 atom stereocenters. The number of unbranched alkanes of at least 4 members (excludes halogenated alkanes) is 28. The Morgan fingerprint density at radius 3 is 0.692 bits per heavy atom. The van der Waals surface area contributed by atoms with Crippen LogP contribution in [-0.2, 0) is 9.59 Å². The molecule has 0 radical (unpaired) electrons. The standard InChI is InChI=1S/C36H70O2Se/c1-3-5-7-9-11-13-15-17-19-21-23-25-27-29-31-33-35(37)39-36(38)34-32-30-28-26-24-22-20-18-16-14-12-10-8-6-4-2/h3-34H2,1-2H3. The van der Waals surface area contributed by atoms with Crippen molar-refractivity contribution in [2.24, 2.45) is 0 Å². The van der Waals surface area contributed by atoms with E-state index in [0.29, 0.717) is 12.8 Å². The topological polar surface area (TPSA) is 34.1 Å². The Hall–Kier alpha value is -0.141. The summed E-state index contributed by atoms with van der Waals surface area (Å²) < 4.78 is 0.478. The third-order valence-electron chi connectivity index (χ3n) is 8.20. The van der Waals surface area contributed by atoms with Gasteiger partial charge in [0.2, 0.25) is 0 Å². The van der Waals surface area contributed by atoms with Crippen molar-refractivity contribution in [3.63, 3.8) is 0 Å². The second-order valence-corrected chi connectivity index (χ2v) is 14.6. The molecule has 39 heavy (non-hydrogen) atoms. The molecular formula is C36H70O2Se. The van der Waals surface area contributed by atoms with Crippen molar-refractivity contribution in [3.8, 4) is 0 Å². The SMILES string of the molecule is CCCCCCCCCCCCCCCCCC(=O)[Se]C(=O)CCCCCCCCCCCCCCCCC. The van der Waals surface area contributed by atoms with Gasteiger partial charge in [-0.15, -0.1) is 0 Å². The third-order valence-corrected chi connectivity index (χ3v) is 10.0. The maximum atomic E-state index is 12.2. The van der Waals surface area contributed by atoms with Gasteiger partial charge < -0.3 is 0 Å². The Bertz CT molecular complexity index is 460. The molecular weight excluding hydrogens is 543 g/mol. The van der Waals surface area contributed by atoms with E-state index in [0.717, 1.165) is 25.7 Å². The summed E-state index contributed by atoms with van der Waals surface area (Å²) >= 11 is -0.411.